The van der Waals surface area contributed by atoms with Crippen molar-refractivity contribution in [1.29, 1.82) is 5.26 Å². The Kier molecular flexibility index (Phi) is 7.08. The molecule has 8 nitrogen and oxygen atoms in total. The molecule has 4 aromatic rings. The van der Waals surface area contributed by atoms with E-state index in [-0.39, 0.29) is 12.1 Å². The van der Waals surface area contributed by atoms with Gasteiger partial charge in [0.15, 0.2) is 0 Å². The summed E-state index contributed by atoms with van der Waals surface area (Å²) in [5.74, 6) is 2.82. The average Bonchev–Trinajstić information content (AvgIpc) is 3.57. The summed E-state index contributed by atoms with van der Waals surface area (Å²) in [6.07, 6.45) is 13.1. The Morgan fingerprint density at radius 3 is 2.70 bits per heavy atom. The van der Waals surface area contributed by atoms with E-state index >= 15 is 0 Å². The van der Waals surface area contributed by atoms with Gasteiger partial charge in [-0.3, -0.25) is 9.99 Å². The maximum absolute atomic E-state index is 10.2. The first kappa shape index (κ1) is 26.9. The summed E-state index contributed by atoms with van der Waals surface area (Å²) in [6, 6.07) is 23.6. The number of hydrogen-bond donors (Lipinski definition) is 5. The third kappa shape index (κ3) is 5.12. The number of nitrogens with one attached hydrogen (secondary N) is 5. The van der Waals surface area contributed by atoms with Crippen LogP contribution in [0.4, 0.5) is 11.4 Å². The highest BCUT2D eigenvalue weighted by atomic mass is 15.7. The number of nitriles is 1. The molecule has 0 unspecified atom stereocenters. The quantitative estimate of drug-likeness (QED) is 0.164. The van der Waals surface area contributed by atoms with Crippen LogP contribution in [0.2, 0.25) is 0 Å². The van der Waals surface area contributed by atoms with Crippen molar-refractivity contribution in [3.63, 3.8) is 0 Å². The van der Waals surface area contributed by atoms with E-state index in [2.05, 4.69) is 98.4 Å². The summed E-state index contributed by atoms with van der Waals surface area (Å²) in [6.45, 7) is 3.83. The van der Waals surface area contributed by atoms with Crippen molar-refractivity contribution in [1.82, 2.24) is 26.3 Å². The van der Waals surface area contributed by atoms with Crippen molar-refractivity contribution in [2.45, 2.75) is 57.4 Å². The number of fused-ring (bicyclic) bond motifs is 2. The third-order valence-electron chi connectivity index (χ3n) is 8.58. The number of benzene rings is 3. The number of terminal acetylenes is 1. The van der Waals surface area contributed by atoms with E-state index in [1.165, 1.54) is 35.1 Å². The van der Waals surface area contributed by atoms with Crippen LogP contribution in [0.5, 0.6) is 0 Å². The summed E-state index contributed by atoms with van der Waals surface area (Å²) in [7, 11) is 0. The molecule has 0 radical (unpaired) electrons. The Hall–Kier alpha value is -5.02. The number of anilines is 2. The minimum absolute atomic E-state index is 0.0422. The van der Waals surface area contributed by atoms with Gasteiger partial charge in [0.2, 0.25) is 0 Å². The second-order valence-corrected chi connectivity index (χ2v) is 11.4. The fourth-order valence-corrected chi connectivity index (χ4v) is 6.17. The van der Waals surface area contributed by atoms with Gasteiger partial charge >= 0.3 is 0 Å². The monoisotopic (exact) mass is 566 g/mol. The molecule has 3 heterocycles. The third-order valence-corrected chi connectivity index (χ3v) is 8.58. The largest absolute Gasteiger partial charge is 0.377 e. The standard InChI is InChI=1S/C35H34N8/c1-3-22-19-38-33-25(17-36)15-26(16-29(33)34(22)40-31(4-2)23-9-6-5-7-10-23)39-35(32-21-43(42-41-32)27-13-14-27)28-12-8-11-24-18-37-20-30(24)28/h1,5-12,15-16,19,21,27,31,35,37,39,41-42H,4,13-14,18,20H2,2H3,(H,38,40)/t31-,35+/m1/s1. The van der Waals surface area contributed by atoms with E-state index in [1.807, 2.05) is 24.3 Å². The van der Waals surface area contributed by atoms with Crippen molar-refractivity contribution < 1.29 is 0 Å². The van der Waals surface area contributed by atoms with E-state index in [1.54, 1.807) is 6.20 Å². The second kappa shape index (κ2) is 11.3. The van der Waals surface area contributed by atoms with Crippen LogP contribution >= 0.6 is 0 Å². The maximum atomic E-state index is 10.2. The predicted molar refractivity (Wildman–Crippen MR) is 170 cm³/mol. The van der Waals surface area contributed by atoms with Gasteiger partial charge in [0.1, 0.15) is 6.07 Å². The van der Waals surface area contributed by atoms with E-state index < -0.39 is 0 Å². The summed E-state index contributed by atoms with van der Waals surface area (Å²) in [5, 5.41) is 24.2. The highest BCUT2D eigenvalue weighted by Gasteiger charge is 2.33. The first-order chi connectivity index (χ1) is 21.2. The molecule has 3 aliphatic rings. The zero-order valence-corrected chi connectivity index (χ0v) is 24.1. The molecule has 3 aromatic carbocycles. The van der Waals surface area contributed by atoms with Gasteiger partial charge in [0.25, 0.3) is 0 Å². The van der Waals surface area contributed by atoms with Crippen LogP contribution < -0.4 is 26.9 Å². The molecule has 1 aliphatic carbocycles. The Morgan fingerprint density at radius 1 is 1.07 bits per heavy atom. The predicted octanol–water partition coefficient (Wildman–Crippen LogP) is 5.74. The smallest absolute Gasteiger partial charge is 0.102 e. The molecule has 7 rings (SSSR count). The molecular formula is C35H34N8. The van der Waals surface area contributed by atoms with Crippen LogP contribution in [-0.2, 0) is 13.1 Å². The van der Waals surface area contributed by atoms with Crippen LogP contribution in [0, 0.1) is 23.7 Å². The number of pyridine rings is 1. The summed E-state index contributed by atoms with van der Waals surface area (Å²) in [4.78, 5) is 4.65. The highest BCUT2D eigenvalue weighted by molar-refractivity contribution is 5.99. The fourth-order valence-electron chi connectivity index (χ4n) is 6.17. The molecule has 2 atom stereocenters. The number of hydrazine groups is 2. The molecule has 5 N–H and O–H groups in total. The first-order valence-electron chi connectivity index (χ1n) is 14.9. The minimum atomic E-state index is -0.178. The summed E-state index contributed by atoms with van der Waals surface area (Å²) in [5.41, 5.74) is 16.2. The molecule has 8 heteroatoms. The molecule has 2 aliphatic heterocycles. The van der Waals surface area contributed by atoms with Crippen molar-refractivity contribution >= 4 is 22.3 Å². The normalized spacial score (nSPS) is 16.9. The van der Waals surface area contributed by atoms with Gasteiger partial charge in [0.05, 0.1) is 40.1 Å². The molecule has 0 amide bonds. The SMILES string of the molecule is C#Cc1cnc2c(C#N)cc(N[C@H](C3=CN(C4CC4)NN3)c3cccc4c3CNC4)cc2c1N[C@H](CC)c1ccccc1. The zero-order chi connectivity index (χ0) is 29.3. The van der Waals surface area contributed by atoms with Crippen LogP contribution in [0.15, 0.2) is 78.8 Å². The number of aromatic nitrogens is 1. The van der Waals surface area contributed by atoms with E-state index in [0.29, 0.717) is 22.7 Å². The van der Waals surface area contributed by atoms with Crippen molar-refractivity contribution in [2.24, 2.45) is 0 Å². The van der Waals surface area contributed by atoms with Crippen LogP contribution in [0.25, 0.3) is 10.9 Å². The Labute approximate surface area is 252 Å². The number of nitrogens with zero attached hydrogens (tertiary/aromatic N) is 3. The average molecular weight is 567 g/mol. The van der Waals surface area contributed by atoms with Gasteiger partial charge < -0.3 is 21.4 Å². The lowest BCUT2D eigenvalue weighted by atomic mass is 9.95. The topological polar surface area (TPSA) is 100 Å². The van der Waals surface area contributed by atoms with E-state index in [4.69, 9.17) is 6.42 Å². The highest BCUT2D eigenvalue weighted by Crippen LogP contribution is 2.38. The lowest BCUT2D eigenvalue weighted by molar-refractivity contribution is 0.260. The van der Waals surface area contributed by atoms with Crippen molar-refractivity contribution in [3.8, 4) is 18.4 Å². The lowest BCUT2D eigenvalue weighted by Gasteiger charge is -2.25. The Balaban J connectivity index is 1.33. The molecule has 1 saturated carbocycles. The zero-order valence-electron chi connectivity index (χ0n) is 24.1. The molecule has 1 fully saturated rings. The maximum Gasteiger partial charge on any atom is 0.102 e. The molecule has 214 valence electrons. The fraction of sp³-hybridized carbons (Fsp3) is 0.257. The van der Waals surface area contributed by atoms with Gasteiger partial charge in [-0.15, -0.1) is 12.0 Å². The Morgan fingerprint density at radius 2 is 1.93 bits per heavy atom. The number of hydrogen-bond acceptors (Lipinski definition) is 8. The molecular weight excluding hydrogens is 532 g/mol. The molecule has 43 heavy (non-hydrogen) atoms. The molecule has 0 bridgehead atoms. The van der Waals surface area contributed by atoms with Gasteiger partial charge in [0, 0.05) is 42.6 Å². The van der Waals surface area contributed by atoms with Crippen molar-refractivity contribution in [3.05, 3.63) is 112 Å². The Bertz CT molecular complexity index is 1800. The molecule has 0 saturated heterocycles. The molecule has 0 spiro atoms. The number of rotatable bonds is 9. The van der Waals surface area contributed by atoms with Gasteiger partial charge in [-0.2, -0.15) is 5.26 Å². The van der Waals surface area contributed by atoms with Gasteiger partial charge in [-0.25, -0.2) is 0 Å². The van der Waals surface area contributed by atoms with Crippen molar-refractivity contribution in [2.75, 3.05) is 10.6 Å². The summed E-state index contributed by atoms with van der Waals surface area (Å²) < 4.78 is 0. The van der Waals surface area contributed by atoms with Crippen LogP contribution in [-0.4, -0.2) is 16.0 Å². The van der Waals surface area contributed by atoms with Gasteiger partial charge in [-0.05, 0) is 53.6 Å². The first-order valence-corrected chi connectivity index (χ1v) is 14.9. The van der Waals surface area contributed by atoms with Crippen LogP contribution in [0.3, 0.4) is 0 Å². The second-order valence-electron chi connectivity index (χ2n) is 11.4. The minimum Gasteiger partial charge on any atom is -0.377 e. The molecule has 1 aromatic heterocycles. The van der Waals surface area contributed by atoms with Crippen LogP contribution in [0.1, 0.15) is 71.7 Å². The lowest BCUT2D eigenvalue weighted by Crippen LogP contribution is -2.38. The van der Waals surface area contributed by atoms with E-state index in [9.17, 15) is 5.26 Å². The van der Waals surface area contributed by atoms with Gasteiger partial charge in [-0.1, -0.05) is 61.4 Å². The summed E-state index contributed by atoms with van der Waals surface area (Å²) >= 11 is 0. The van der Waals surface area contributed by atoms with E-state index in [0.717, 1.165) is 42.0 Å².